The molecular weight excluding hydrogens is 472 g/mol. The molecule has 166 valence electrons. The number of piperidine rings is 1. The van der Waals surface area contributed by atoms with Crippen LogP contribution in [0.4, 0.5) is 5.82 Å². The molecule has 0 bridgehead atoms. The van der Waals surface area contributed by atoms with Gasteiger partial charge in [0.2, 0.25) is 0 Å². The van der Waals surface area contributed by atoms with Crippen molar-refractivity contribution < 1.29 is 9.53 Å². The van der Waals surface area contributed by atoms with Crippen LogP contribution in [0.5, 0.6) is 0 Å². The second-order valence-corrected chi connectivity index (χ2v) is 9.17. The molecule has 3 aromatic heterocycles. The number of ether oxygens (including phenoxy) is 1. The van der Waals surface area contributed by atoms with E-state index in [1.807, 2.05) is 25.1 Å². The maximum absolute atomic E-state index is 12.9. The van der Waals surface area contributed by atoms with Crippen LogP contribution in [0.2, 0.25) is 0 Å². The SMILES string of the molecule is Cc1ccc(-n2nc(C3CCN(C4COC4)CC3)cc2NC(=O)c2cccc(Br)n2)nc1. The predicted molar refractivity (Wildman–Crippen MR) is 124 cm³/mol. The zero-order chi connectivity index (χ0) is 22.1. The summed E-state index contributed by atoms with van der Waals surface area (Å²) in [6.45, 7) is 5.76. The molecular formula is C23H25BrN6O2. The highest BCUT2D eigenvalue weighted by molar-refractivity contribution is 9.10. The largest absolute Gasteiger partial charge is 0.378 e. The lowest BCUT2D eigenvalue weighted by Crippen LogP contribution is -2.51. The van der Waals surface area contributed by atoms with Crippen LogP contribution in [0.1, 0.15) is 40.5 Å². The van der Waals surface area contributed by atoms with Crippen LogP contribution in [0.25, 0.3) is 5.82 Å². The first-order chi connectivity index (χ1) is 15.6. The molecule has 0 aromatic carbocycles. The van der Waals surface area contributed by atoms with E-state index in [0.717, 1.165) is 50.4 Å². The molecule has 1 N–H and O–H groups in total. The Kier molecular flexibility index (Phi) is 6.03. The first-order valence-electron chi connectivity index (χ1n) is 10.9. The van der Waals surface area contributed by atoms with Crippen LogP contribution in [0.3, 0.4) is 0 Å². The summed E-state index contributed by atoms with van der Waals surface area (Å²) in [6, 6.07) is 11.7. The number of pyridine rings is 2. The summed E-state index contributed by atoms with van der Waals surface area (Å²) in [6.07, 6.45) is 3.88. The van der Waals surface area contributed by atoms with E-state index in [9.17, 15) is 4.79 Å². The molecule has 0 spiro atoms. The summed E-state index contributed by atoms with van der Waals surface area (Å²) in [7, 11) is 0. The molecule has 9 heteroatoms. The van der Waals surface area contributed by atoms with Gasteiger partial charge in [-0.1, -0.05) is 12.1 Å². The second-order valence-electron chi connectivity index (χ2n) is 8.36. The molecule has 5 rings (SSSR count). The second kappa shape index (κ2) is 9.09. The number of rotatable bonds is 5. The molecule has 32 heavy (non-hydrogen) atoms. The molecule has 0 saturated carbocycles. The van der Waals surface area contributed by atoms with E-state index < -0.39 is 0 Å². The highest BCUT2D eigenvalue weighted by Crippen LogP contribution is 2.31. The lowest BCUT2D eigenvalue weighted by atomic mass is 9.92. The monoisotopic (exact) mass is 496 g/mol. The third kappa shape index (κ3) is 4.46. The van der Waals surface area contributed by atoms with Gasteiger partial charge in [-0.05, 0) is 72.5 Å². The topological polar surface area (TPSA) is 85.2 Å². The van der Waals surface area contributed by atoms with E-state index in [4.69, 9.17) is 9.84 Å². The van der Waals surface area contributed by atoms with E-state index in [1.54, 1.807) is 29.1 Å². The number of carbonyl (C=O) groups is 1. The summed E-state index contributed by atoms with van der Waals surface area (Å²) in [5, 5.41) is 7.85. The van der Waals surface area contributed by atoms with Crippen molar-refractivity contribution in [2.45, 2.75) is 31.7 Å². The summed E-state index contributed by atoms with van der Waals surface area (Å²) < 4.78 is 7.68. The van der Waals surface area contributed by atoms with E-state index in [-0.39, 0.29) is 5.91 Å². The highest BCUT2D eigenvalue weighted by Gasteiger charge is 2.31. The van der Waals surface area contributed by atoms with Crippen molar-refractivity contribution in [3.8, 4) is 5.82 Å². The van der Waals surface area contributed by atoms with Gasteiger partial charge in [-0.3, -0.25) is 9.69 Å². The highest BCUT2D eigenvalue weighted by atomic mass is 79.9. The number of nitrogens with zero attached hydrogens (tertiary/aromatic N) is 5. The van der Waals surface area contributed by atoms with Crippen molar-refractivity contribution in [1.29, 1.82) is 0 Å². The molecule has 2 aliphatic rings. The number of hydrogen-bond acceptors (Lipinski definition) is 6. The minimum atomic E-state index is -0.286. The molecule has 1 amide bonds. The smallest absolute Gasteiger partial charge is 0.275 e. The van der Waals surface area contributed by atoms with Crippen molar-refractivity contribution >= 4 is 27.7 Å². The molecule has 3 aromatic rings. The van der Waals surface area contributed by atoms with Crippen LogP contribution in [-0.4, -0.2) is 62.9 Å². The van der Waals surface area contributed by atoms with E-state index in [0.29, 0.717) is 33.9 Å². The Hall–Kier alpha value is -2.62. The lowest BCUT2D eigenvalue weighted by molar-refractivity contribution is -0.0713. The van der Waals surface area contributed by atoms with Crippen molar-refractivity contribution in [1.82, 2.24) is 24.6 Å². The molecule has 0 radical (unpaired) electrons. The van der Waals surface area contributed by atoms with Crippen LogP contribution in [-0.2, 0) is 4.74 Å². The summed E-state index contributed by atoms with van der Waals surface area (Å²) in [4.78, 5) is 24.2. The fourth-order valence-corrected chi connectivity index (χ4v) is 4.50. The fourth-order valence-electron chi connectivity index (χ4n) is 4.16. The average Bonchev–Trinajstić information content (AvgIpc) is 3.17. The maximum atomic E-state index is 12.9. The first kappa shape index (κ1) is 21.2. The van der Waals surface area contributed by atoms with Gasteiger partial charge < -0.3 is 10.1 Å². The number of aromatic nitrogens is 4. The number of carbonyl (C=O) groups excluding carboxylic acids is 1. The quantitative estimate of drug-likeness (QED) is 0.543. The van der Waals surface area contributed by atoms with Gasteiger partial charge in [-0.15, -0.1) is 0 Å². The third-order valence-corrected chi connectivity index (χ3v) is 6.56. The summed E-state index contributed by atoms with van der Waals surface area (Å²) in [5.74, 6) is 1.32. The number of halogens is 1. The minimum absolute atomic E-state index is 0.286. The average molecular weight is 497 g/mol. The molecule has 0 atom stereocenters. The molecule has 0 aliphatic carbocycles. The summed E-state index contributed by atoms with van der Waals surface area (Å²) in [5.41, 5.74) is 2.38. The van der Waals surface area contributed by atoms with Gasteiger partial charge in [-0.2, -0.15) is 9.78 Å². The Labute approximate surface area is 195 Å². The molecule has 2 fully saturated rings. The Balaban J connectivity index is 1.40. The van der Waals surface area contributed by atoms with Crippen LogP contribution in [0.15, 0.2) is 47.2 Å². The van der Waals surface area contributed by atoms with Crippen molar-refractivity contribution in [3.63, 3.8) is 0 Å². The Morgan fingerprint density at radius 3 is 2.66 bits per heavy atom. The number of hydrogen-bond donors (Lipinski definition) is 1. The minimum Gasteiger partial charge on any atom is -0.378 e. The van der Waals surface area contributed by atoms with E-state index in [1.165, 1.54) is 0 Å². The molecule has 2 saturated heterocycles. The van der Waals surface area contributed by atoms with Crippen LogP contribution in [0, 0.1) is 6.92 Å². The standard InChI is InChI=1S/C23H25BrN6O2/c1-15-5-6-21(25-12-15)30-22(27-23(31)18-3-2-4-20(24)26-18)11-19(28-30)16-7-9-29(10-8-16)17-13-32-14-17/h2-6,11-12,16-17H,7-10,13-14H2,1H3,(H,27,31). The van der Waals surface area contributed by atoms with Crippen LogP contribution >= 0.6 is 15.9 Å². The lowest BCUT2D eigenvalue weighted by Gasteiger charge is -2.41. The van der Waals surface area contributed by atoms with Gasteiger partial charge in [-0.25, -0.2) is 9.97 Å². The van der Waals surface area contributed by atoms with Gasteiger partial charge in [0, 0.05) is 18.2 Å². The van der Waals surface area contributed by atoms with Crippen molar-refractivity contribution in [2.24, 2.45) is 0 Å². The molecule has 2 aliphatic heterocycles. The van der Waals surface area contributed by atoms with Gasteiger partial charge in [0.25, 0.3) is 5.91 Å². The van der Waals surface area contributed by atoms with Crippen molar-refractivity contribution in [2.75, 3.05) is 31.6 Å². The zero-order valence-corrected chi connectivity index (χ0v) is 19.5. The first-order valence-corrected chi connectivity index (χ1v) is 11.6. The van der Waals surface area contributed by atoms with E-state index >= 15 is 0 Å². The predicted octanol–water partition coefficient (Wildman–Crippen LogP) is 3.56. The molecule has 5 heterocycles. The Bertz CT molecular complexity index is 1100. The van der Waals surface area contributed by atoms with E-state index in [2.05, 4.69) is 36.1 Å². The number of nitrogens with one attached hydrogen (secondary N) is 1. The summed E-state index contributed by atoms with van der Waals surface area (Å²) >= 11 is 3.32. The number of aryl methyl sites for hydroxylation is 1. The van der Waals surface area contributed by atoms with Gasteiger partial charge >= 0.3 is 0 Å². The molecule has 8 nitrogen and oxygen atoms in total. The molecule has 0 unspecified atom stereocenters. The third-order valence-electron chi connectivity index (χ3n) is 6.12. The number of likely N-dealkylation sites (tertiary alicyclic amines) is 1. The maximum Gasteiger partial charge on any atom is 0.275 e. The van der Waals surface area contributed by atoms with Gasteiger partial charge in [0.1, 0.15) is 16.1 Å². The fraction of sp³-hybridized carbons (Fsp3) is 0.391. The Morgan fingerprint density at radius 1 is 1.19 bits per heavy atom. The van der Waals surface area contributed by atoms with Crippen molar-refractivity contribution in [3.05, 3.63) is 64.1 Å². The Morgan fingerprint density at radius 2 is 2.00 bits per heavy atom. The van der Waals surface area contributed by atoms with Crippen LogP contribution < -0.4 is 5.32 Å². The number of anilines is 1. The normalized spacial score (nSPS) is 17.8. The van der Waals surface area contributed by atoms with Gasteiger partial charge in [0.15, 0.2) is 5.82 Å². The number of amides is 1. The zero-order valence-electron chi connectivity index (χ0n) is 17.9. The van der Waals surface area contributed by atoms with Gasteiger partial charge in [0.05, 0.1) is 24.9 Å².